The number of carbonyl (C=O) groups excluding carboxylic acids is 2. The number of carbonyl (C=O) groups is 2. The van der Waals surface area contributed by atoms with Gasteiger partial charge in [-0.3, -0.25) is 9.59 Å². The molecule has 7 heteroatoms. The fraction of sp³-hybridized carbons (Fsp3) is 0.357. The Morgan fingerprint density at radius 3 is 2.57 bits per heavy atom. The van der Waals surface area contributed by atoms with E-state index in [9.17, 15) is 9.59 Å². The lowest BCUT2D eigenvalue weighted by atomic mass is 10.1. The number of nitrogens with zero attached hydrogens (tertiary/aromatic N) is 2. The Balaban J connectivity index is 2.81. The van der Waals surface area contributed by atoms with E-state index in [-0.39, 0.29) is 30.2 Å². The van der Waals surface area contributed by atoms with E-state index in [1.807, 2.05) is 13.8 Å². The van der Waals surface area contributed by atoms with Gasteiger partial charge in [-0.15, -0.1) is 0 Å². The fourth-order valence-corrected chi connectivity index (χ4v) is 1.74. The molecule has 7 nitrogen and oxygen atoms in total. The van der Waals surface area contributed by atoms with Crippen molar-refractivity contribution >= 4 is 17.6 Å². The number of oxime groups is 1. The lowest BCUT2D eigenvalue weighted by Crippen LogP contribution is -2.40. The molecular weight excluding hydrogens is 272 g/mol. The van der Waals surface area contributed by atoms with Gasteiger partial charge in [-0.1, -0.05) is 17.3 Å². The first kappa shape index (κ1) is 16.5. The van der Waals surface area contributed by atoms with Crippen LogP contribution in [-0.2, 0) is 4.79 Å². The molecule has 4 N–H and O–H groups in total. The minimum atomic E-state index is -0.318. The topological polar surface area (TPSA) is 108 Å². The molecule has 0 aliphatic carbocycles. The van der Waals surface area contributed by atoms with Crippen LogP contribution in [0.15, 0.2) is 29.4 Å². The number of likely N-dealkylation sites (N-methyl/N-ethyl adjacent to an activating group) is 1. The second-order valence-electron chi connectivity index (χ2n) is 4.95. The van der Waals surface area contributed by atoms with Gasteiger partial charge in [0, 0.05) is 24.2 Å². The summed E-state index contributed by atoms with van der Waals surface area (Å²) < 4.78 is 0. The van der Waals surface area contributed by atoms with E-state index in [1.54, 1.807) is 25.2 Å². The molecule has 0 saturated carbocycles. The van der Waals surface area contributed by atoms with Gasteiger partial charge in [-0.05, 0) is 26.0 Å². The third-order valence-corrected chi connectivity index (χ3v) is 2.69. The second kappa shape index (κ2) is 7.28. The van der Waals surface area contributed by atoms with Crippen LogP contribution in [0.4, 0.5) is 0 Å². The van der Waals surface area contributed by atoms with E-state index >= 15 is 0 Å². The number of rotatable bonds is 5. The molecule has 2 amide bonds. The Kier molecular flexibility index (Phi) is 5.71. The van der Waals surface area contributed by atoms with Crippen molar-refractivity contribution in [2.24, 2.45) is 10.9 Å². The van der Waals surface area contributed by atoms with Crippen molar-refractivity contribution in [3.8, 4) is 0 Å². The summed E-state index contributed by atoms with van der Waals surface area (Å²) in [5.74, 6) is -0.625. The maximum absolute atomic E-state index is 12.2. The second-order valence-corrected chi connectivity index (χ2v) is 4.95. The van der Waals surface area contributed by atoms with Crippen LogP contribution in [0, 0.1) is 0 Å². The Hall–Kier alpha value is -2.57. The molecule has 0 bridgehead atoms. The van der Waals surface area contributed by atoms with Crippen molar-refractivity contribution in [1.29, 1.82) is 0 Å². The summed E-state index contributed by atoms with van der Waals surface area (Å²) in [6.07, 6.45) is 0. The van der Waals surface area contributed by atoms with Crippen molar-refractivity contribution in [1.82, 2.24) is 10.2 Å². The Morgan fingerprint density at radius 2 is 2.00 bits per heavy atom. The summed E-state index contributed by atoms with van der Waals surface area (Å²) in [5.41, 5.74) is 6.28. The number of amides is 2. The highest BCUT2D eigenvalue weighted by Gasteiger charge is 2.16. The van der Waals surface area contributed by atoms with Crippen LogP contribution in [0.3, 0.4) is 0 Å². The van der Waals surface area contributed by atoms with Gasteiger partial charge in [0.2, 0.25) is 5.91 Å². The SMILES string of the molecule is CC(C)NC(=O)CN(C)C(=O)c1cccc(C(N)=NO)c1. The summed E-state index contributed by atoms with van der Waals surface area (Å²) in [6.45, 7) is 3.66. The van der Waals surface area contributed by atoms with Crippen LogP contribution in [0.2, 0.25) is 0 Å². The van der Waals surface area contributed by atoms with E-state index in [0.717, 1.165) is 0 Å². The molecule has 0 aliphatic rings. The zero-order valence-electron chi connectivity index (χ0n) is 12.3. The first-order valence-corrected chi connectivity index (χ1v) is 6.48. The third kappa shape index (κ3) is 4.79. The lowest BCUT2D eigenvalue weighted by Gasteiger charge is -2.18. The van der Waals surface area contributed by atoms with E-state index in [2.05, 4.69) is 10.5 Å². The smallest absolute Gasteiger partial charge is 0.254 e. The normalized spacial score (nSPS) is 11.3. The molecule has 1 aromatic rings. The number of amidine groups is 1. The van der Waals surface area contributed by atoms with Crippen LogP contribution >= 0.6 is 0 Å². The lowest BCUT2D eigenvalue weighted by molar-refractivity contribution is -0.122. The van der Waals surface area contributed by atoms with Crippen molar-refractivity contribution in [3.63, 3.8) is 0 Å². The molecule has 0 unspecified atom stereocenters. The van der Waals surface area contributed by atoms with Gasteiger partial charge in [-0.25, -0.2) is 0 Å². The van der Waals surface area contributed by atoms with Crippen LogP contribution in [0.1, 0.15) is 29.8 Å². The van der Waals surface area contributed by atoms with Crippen LogP contribution in [0.25, 0.3) is 0 Å². The predicted octanol–water partition coefficient (Wildman–Crippen LogP) is 0.378. The minimum absolute atomic E-state index is 0.0184. The van der Waals surface area contributed by atoms with Gasteiger partial charge in [0.25, 0.3) is 5.91 Å². The zero-order valence-corrected chi connectivity index (χ0v) is 12.3. The average molecular weight is 292 g/mol. The monoisotopic (exact) mass is 292 g/mol. The largest absolute Gasteiger partial charge is 0.409 e. The quantitative estimate of drug-likeness (QED) is 0.315. The molecular formula is C14H20N4O3. The van der Waals surface area contributed by atoms with Gasteiger partial charge in [0.15, 0.2) is 5.84 Å². The van der Waals surface area contributed by atoms with Crippen molar-refractivity contribution < 1.29 is 14.8 Å². The van der Waals surface area contributed by atoms with Crippen LogP contribution in [0.5, 0.6) is 0 Å². The van der Waals surface area contributed by atoms with E-state index in [4.69, 9.17) is 10.9 Å². The maximum Gasteiger partial charge on any atom is 0.254 e. The molecule has 1 aromatic carbocycles. The molecule has 0 fully saturated rings. The highest BCUT2D eigenvalue weighted by molar-refractivity contribution is 6.01. The zero-order chi connectivity index (χ0) is 16.0. The molecule has 0 saturated heterocycles. The number of hydrogen-bond donors (Lipinski definition) is 3. The Morgan fingerprint density at radius 1 is 1.38 bits per heavy atom. The standard InChI is InChI=1S/C14H20N4O3/c1-9(2)16-12(19)8-18(3)14(20)11-6-4-5-10(7-11)13(15)17-21/h4-7,9,21H,8H2,1-3H3,(H2,15,17)(H,16,19). The summed E-state index contributed by atoms with van der Waals surface area (Å²) in [5, 5.41) is 14.2. The molecule has 0 aromatic heterocycles. The maximum atomic E-state index is 12.2. The molecule has 21 heavy (non-hydrogen) atoms. The van der Waals surface area contributed by atoms with Gasteiger partial charge in [0.05, 0.1) is 6.54 Å². The van der Waals surface area contributed by atoms with Gasteiger partial charge in [0.1, 0.15) is 0 Å². The van der Waals surface area contributed by atoms with Gasteiger partial charge < -0.3 is 21.2 Å². The predicted molar refractivity (Wildman–Crippen MR) is 79.2 cm³/mol. The molecule has 0 heterocycles. The van der Waals surface area contributed by atoms with Crippen molar-refractivity contribution in [2.75, 3.05) is 13.6 Å². The average Bonchev–Trinajstić information content (AvgIpc) is 2.44. The molecule has 0 spiro atoms. The summed E-state index contributed by atoms with van der Waals surface area (Å²) in [7, 11) is 1.54. The van der Waals surface area contributed by atoms with Crippen LogP contribution < -0.4 is 11.1 Å². The highest BCUT2D eigenvalue weighted by atomic mass is 16.4. The van der Waals surface area contributed by atoms with E-state index < -0.39 is 0 Å². The van der Waals surface area contributed by atoms with Crippen LogP contribution in [-0.4, -0.2) is 47.4 Å². The molecule has 0 radical (unpaired) electrons. The first-order valence-electron chi connectivity index (χ1n) is 6.48. The van der Waals surface area contributed by atoms with E-state index in [0.29, 0.717) is 11.1 Å². The third-order valence-electron chi connectivity index (χ3n) is 2.69. The molecule has 114 valence electrons. The highest BCUT2D eigenvalue weighted by Crippen LogP contribution is 2.08. The number of nitrogens with two attached hydrogens (primary N) is 1. The van der Waals surface area contributed by atoms with E-state index in [1.165, 1.54) is 11.0 Å². The number of hydrogen-bond acceptors (Lipinski definition) is 4. The van der Waals surface area contributed by atoms with Gasteiger partial charge in [-0.2, -0.15) is 0 Å². The number of nitrogens with one attached hydrogen (secondary N) is 1. The van der Waals surface area contributed by atoms with Crippen molar-refractivity contribution in [3.05, 3.63) is 35.4 Å². The van der Waals surface area contributed by atoms with Gasteiger partial charge >= 0.3 is 0 Å². The molecule has 0 aliphatic heterocycles. The molecule has 0 atom stereocenters. The Bertz CT molecular complexity index is 555. The first-order chi connectivity index (χ1) is 9.85. The summed E-state index contributed by atoms with van der Waals surface area (Å²) in [4.78, 5) is 25.2. The molecule has 1 rings (SSSR count). The Labute approximate surface area is 123 Å². The fourth-order valence-electron chi connectivity index (χ4n) is 1.74. The minimum Gasteiger partial charge on any atom is -0.409 e. The van der Waals surface area contributed by atoms with Crippen molar-refractivity contribution in [2.45, 2.75) is 19.9 Å². The summed E-state index contributed by atoms with van der Waals surface area (Å²) in [6, 6.07) is 6.38. The summed E-state index contributed by atoms with van der Waals surface area (Å²) >= 11 is 0. The number of benzene rings is 1.